The highest BCUT2D eigenvalue weighted by Crippen LogP contribution is 2.62. The summed E-state index contributed by atoms with van der Waals surface area (Å²) in [6.07, 6.45) is 7.36. The van der Waals surface area contributed by atoms with Crippen LogP contribution in [0.5, 0.6) is 0 Å². The number of halogens is 2. The van der Waals surface area contributed by atoms with Crippen LogP contribution in [0.2, 0.25) is 0 Å². The number of rotatable bonds is 5. The Morgan fingerprint density at radius 2 is 2.06 bits per heavy atom. The number of nitrogens with one attached hydrogen (secondary N) is 1. The Morgan fingerprint density at radius 3 is 2.88 bits per heavy atom. The molecule has 174 valence electrons. The van der Waals surface area contributed by atoms with Crippen molar-refractivity contribution in [3.8, 4) is 0 Å². The molecule has 1 aromatic carbocycles. The first-order valence-electron chi connectivity index (χ1n) is 12.1. The third-order valence-electron chi connectivity index (χ3n) is 8.53. The van der Waals surface area contributed by atoms with Gasteiger partial charge in [-0.3, -0.25) is 9.59 Å². The topological polar surface area (TPSA) is 59.1 Å². The van der Waals surface area contributed by atoms with Gasteiger partial charge in [-0.1, -0.05) is 31.2 Å². The van der Waals surface area contributed by atoms with Crippen molar-refractivity contribution in [2.24, 2.45) is 23.2 Å². The lowest BCUT2D eigenvalue weighted by atomic mass is 9.54. The molecule has 3 aliphatic rings. The predicted molar refractivity (Wildman–Crippen MR) is 122 cm³/mol. The highest BCUT2D eigenvalue weighted by Gasteiger charge is 2.58. The second kappa shape index (κ2) is 8.62. The minimum Gasteiger partial charge on any atom is -0.308 e. The molecule has 0 spiro atoms. The summed E-state index contributed by atoms with van der Waals surface area (Å²) in [7, 11) is 0. The standard InChI is InChI=1S/C27H30F2N2O2/c1-27-12-11-20-19-7-3-2-5-16(19)9-10-21(20)25(27)17(13-23(27)32)6-4-8-24(33)31-26-22(29)14-18(28)15-30-26/h2-3,5,7,14-15,17,20-21,25H,4,6,8-13H2,1H3,(H,30,31,33)/t17-,20?,21?,25?,27-/m1/s1. The molecule has 2 aromatic rings. The van der Waals surface area contributed by atoms with Crippen LogP contribution >= 0.6 is 0 Å². The summed E-state index contributed by atoms with van der Waals surface area (Å²) in [6, 6.07) is 9.47. The number of ketones is 1. The van der Waals surface area contributed by atoms with E-state index in [0.717, 1.165) is 38.3 Å². The van der Waals surface area contributed by atoms with E-state index in [9.17, 15) is 18.4 Å². The lowest BCUT2D eigenvalue weighted by Gasteiger charge is -2.50. The van der Waals surface area contributed by atoms with Crippen molar-refractivity contribution in [2.75, 3.05) is 5.32 Å². The number of benzene rings is 1. The monoisotopic (exact) mass is 452 g/mol. The number of anilines is 1. The summed E-state index contributed by atoms with van der Waals surface area (Å²) < 4.78 is 26.8. The predicted octanol–water partition coefficient (Wildman–Crippen LogP) is 5.82. The van der Waals surface area contributed by atoms with Crippen LogP contribution in [-0.4, -0.2) is 16.7 Å². The van der Waals surface area contributed by atoms with Gasteiger partial charge >= 0.3 is 0 Å². The molecule has 1 N–H and O–H groups in total. The van der Waals surface area contributed by atoms with Crippen LogP contribution in [0.25, 0.3) is 0 Å². The number of nitrogens with zero attached hydrogens (tertiary/aromatic N) is 1. The Morgan fingerprint density at radius 1 is 1.24 bits per heavy atom. The van der Waals surface area contributed by atoms with Gasteiger partial charge < -0.3 is 5.32 Å². The van der Waals surface area contributed by atoms with E-state index in [0.29, 0.717) is 42.4 Å². The molecule has 6 heteroatoms. The maximum atomic E-state index is 13.8. The zero-order valence-electron chi connectivity index (χ0n) is 18.9. The highest BCUT2D eigenvalue weighted by molar-refractivity contribution is 5.90. The van der Waals surface area contributed by atoms with E-state index in [4.69, 9.17) is 0 Å². The SMILES string of the molecule is C[C@]12CCC3c4ccccc4CCC3C1[C@H](CCCC(=O)Nc1ncc(F)cc1F)CC2=O. The molecule has 1 amide bonds. The maximum Gasteiger partial charge on any atom is 0.225 e. The van der Waals surface area contributed by atoms with Crippen molar-refractivity contribution >= 4 is 17.5 Å². The summed E-state index contributed by atoms with van der Waals surface area (Å²) in [4.78, 5) is 29.0. The fraction of sp³-hybridized carbons (Fsp3) is 0.519. The van der Waals surface area contributed by atoms with Crippen molar-refractivity contribution in [2.45, 2.75) is 64.2 Å². The Hall–Kier alpha value is -2.63. The molecule has 0 saturated heterocycles. The Bertz CT molecular complexity index is 1090. The highest BCUT2D eigenvalue weighted by atomic mass is 19.1. The molecule has 2 saturated carbocycles. The van der Waals surface area contributed by atoms with Gasteiger partial charge in [-0.25, -0.2) is 13.8 Å². The molecule has 0 radical (unpaired) electrons. The van der Waals surface area contributed by atoms with Crippen molar-refractivity contribution in [1.29, 1.82) is 0 Å². The number of aryl methyl sites for hydroxylation is 1. The average molecular weight is 453 g/mol. The van der Waals surface area contributed by atoms with E-state index in [1.54, 1.807) is 0 Å². The second-order valence-electron chi connectivity index (χ2n) is 10.3. The largest absolute Gasteiger partial charge is 0.308 e. The molecule has 0 bridgehead atoms. The molecule has 1 aromatic heterocycles. The number of fused-ring (bicyclic) bond motifs is 5. The lowest BCUT2D eigenvalue weighted by molar-refractivity contribution is -0.129. The number of pyridine rings is 1. The normalized spacial score (nSPS) is 30.3. The third kappa shape index (κ3) is 3.98. The number of hydrogen-bond acceptors (Lipinski definition) is 3. The quantitative estimate of drug-likeness (QED) is 0.622. The molecule has 5 rings (SSSR count). The number of aromatic nitrogens is 1. The van der Waals surface area contributed by atoms with Crippen LogP contribution in [-0.2, 0) is 16.0 Å². The van der Waals surface area contributed by atoms with Gasteiger partial charge in [0.2, 0.25) is 5.91 Å². The molecule has 3 aliphatic carbocycles. The molecule has 3 unspecified atom stereocenters. The first kappa shape index (κ1) is 22.2. The van der Waals surface area contributed by atoms with Crippen LogP contribution in [0.3, 0.4) is 0 Å². The second-order valence-corrected chi connectivity index (χ2v) is 10.3. The van der Waals surface area contributed by atoms with Gasteiger partial charge in [0.05, 0.1) is 6.20 Å². The van der Waals surface area contributed by atoms with E-state index in [1.165, 1.54) is 11.1 Å². The zero-order valence-corrected chi connectivity index (χ0v) is 18.9. The average Bonchev–Trinajstić information content (AvgIpc) is 3.05. The van der Waals surface area contributed by atoms with Crippen LogP contribution < -0.4 is 5.32 Å². The van der Waals surface area contributed by atoms with Gasteiger partial charge in [0.15, 0.2) is 11.6 Å². The lowest BCUT2D eigenvalue weighted by Crippen LogP contribution is -2.44. The minimum atomic E-state index is -0.883. The van der Waals surface area contributed by atoms with E-state index < -0.39 is 11.6 Å². The van der Waals surface area contributed by atoms with Crippen LogP contribution in [0.15, 0.2) is 36.5 Å². The fourth-order valence-electron chi connectivity index (χ4n) is 7.07. The molecule has 5 atom stereocenters. The van der Waals surface area contributed by atoms with Gasteiger partial charge in [0.1, 0.15) is 11.6 Å². The number of carbonyl (C=O) groups is 2. The number of carbonyl (C=O) groups excluding carboxylic acids is 2. The van der Waals surface area contributed by atoms with Gasteiger partial charge in [0.25, 0.3) is 0 Å². The van der Waals surface area contributed by atoms with Gasteiger partial charge in [-0.15, -0.1) is 0 Å². The molecule has 4 nitrogen and oxygen atoms in total. The van der Waals surface area contributed by atoms with Gasteiger partial charge in [0, 0.05) is 24.3 Å². The van der Waals surface area contributed by atoms with Crippen molar-refractivity contribution < 1.29 is 18.4 Å². The van der Waals surface area contributed by atoms with Gasteiger partial charge in [-0.2, -0.15) is 0 Å². The summed E-state index contributed by atoms with van der Waals surface area (Å²) in [5.74, 6) is -0.183. The van der Waals surface area contributed by atoms with E-state index in [2.05, 4.69) is 41.5 Å². The van der Waals surface area contributed by atoms with Crippen molar-refractivity contribution in [3.63, 3.8) is 0 Å². The fourth-order valence-corrected chi connectivity index (χ4v) is 7.07. The smallest absolute Gasteiger partial charge is 0.225 e. The van der Waals surface area contributed by atoms with Crippen molar-refractivity contribution in [3.05, 3.63) is 59.3 Å². The summed E-state index contributed by atoms with van der Waals surface area (Å²) in [5.41, 5.74) is 2.69. The van der Waals surface area contributed by atoms with E-state index >= 15 is 0 Å². The Kier molecular flexibility index (Phi) is 5.79. The number of amides is 1. The molecular weight excluding hydrogens is 422 g/mol. The summed E-state index contributed by atoms with van der Waals surface area (Å²) >= 11 is 0. The van der Waals surface area contributed by atoms with Crippen LogP contribution in [0, 0.1) is 34.8 Å². The summed E-state index contributed by atoms with van der Waals surface area (Å²) in [5, 5.41) is 2.43. The molecule has 1 heterocycles. The number of Topliss-reactive ketones (excluding diaryl/α,β-unsaturated/α-hetero) is 1. The molecule has 33 heavy (non-hydrogen) atoms. The van der Waals surface area contributed by atoms with Crippen LogP contribution in [0.1, 0.15) is 68.9 Å². The number of hydrogen-bond donors (Lipinski definition) is 1. The summed E-state index contributed by atoms with van der Waals surface area (Å²) in [6.45, 7) is 2.17. The Labute approximate surface area is 193 Å². The zero-order chi connectivity index (χ0) is 23.2. The maximum absolute atomic E-state index is 13.8. The van der Waals surface area contributed by atoms with Gasteiger partial charge in [-0.05, 0) is 73.3 Å². The molecule has 0 aliphatic heterocycles. The molecule has 2 fully saturated rings. The minimum absolute atomic E-state index is 0.226. The Balaban J connectivity index is 1.25. The first-order valence-corrected chi connectivity index (χ1v) is 12.1. The van der Waals surface area contributed by atoms with E-state index in [-0.39, 0.29) is 29.5 Å². The van der Waals surface area contributed by atoms with E-state index in [1.807, 2.05) is 0 Å². The van der Waals surface area contributed by atoms with Crippen molar-refractivity contribution in [1.82, 2.24) is 4.98 Å². The third-order valence-corrected chi connectivity index (χ3v) is 8.53. The molecular formula is C27H30F2N2O2. The first-order chi connectivity index (χ1) is 15.9. The van der Waals surface area contributed by atoms with Crippen LogP contribution in [0.4, 0.5) is 14.6 Å².